The number of hydrogen-bond donors (Lipinski definition) is 1. The minimum Gasteiger partial charge on any atom is -0.493 e. The van der Waals surface area contributed by atoms with E-state index in [0.29, 0.717) is 5.92 Å². The van der Waals surface area contributed by atoms with Crippen molar-refractivity contribution < 1.29 is 4.74 Å². The molecular weight excluding hydrogens is 234 g/mol. The summed E-state index contributed by atoms with van der Waals surface area (Å²) in [7, 11) is 0. The van der Waals surface area contributed by atoms with Gasteiger partial charge in [-0.25, -0.2) is 0 Å². The standard InChI is InChI=1S/C17H25NO/c18-16(13-7-4-2-1-3-5-8-13)15-10-6-9-14-11-12-19-17(14)15/h6,9-10,13,16H,1-5,7-8,11-12,18H2. The first-order chi connectivity index (χ1) is 9.36. The van der Waals surface area contributed by atoms with Crippen molar-refractivity contribution in [3.63, 3.8) is 0 Å². The van der Waals surface area contributed by atoms with Gasteiger partial charge in [0.15, 0.2) is 0 Å². The van der Waals surface area contributed by atoms with E-state index >= 15 is 0 Å². The Morgan fingerprint density at radius 3 is 2.58 bits per heavy atom. The van der Waals surface area contributed by atoms with Crippen LogP contribution in [0.15, 0.2) is 18.2 Å². The van der Waals surface area contributed by atoms with Crippen molar-refractivity contribution in [3.8, 4) is 5.75 Å². The van der Waals surface area contributed by atoms with E-state index in [-0.39, 0.29) is 6.04 Å². The Labute approximate surface area is 116 Å². The topological polar surface area (TPSA) is 35.2 Å². The molecule has 2 N–H and O–H groups in total. The van der Waals surface area contributed by atoms with E-state index in [1.54, 1.807) is 0 Å². The van der Waals surface area contributed by atoms with Gasteiger partial charge < -0.3 is 10.5 Å². The lowest BCUT2D eigenvalue weighted by Gasteiger charge is -2.27. The zero-order valence-corrected chi connectivity index (χ0v) is 11.7. The predicted molar refractivity (Wildman–Crippen MR) is 78.4 cm³/mol. The Morgan fingerprint density at radius 1 is 1.05 bits per heavy atom. The third kappa shape index (κ3) is 2.79. The van der Waals surface area contributed by atoms with E-state index in [1.165, 1.54) is 56.1 Å². The van der Waals surface area contributed by atoms with Crippen molar-refractivity contribution in [1.29, 1.82) is 0 Å². The zero-order chi connectivity index (χ0) is 13.1. The molecule has 2 nitrogen and oxygen atoms in total. The van der Waals surface area contributed by atoms with Crippen LogP contribution in [0.4, 0.5) is 0 Å². The highest BCUT2D eigenvalue weighted by Crippen LogP contribution is 2.38. The van der Waals surface area contributed by atoms with Gasteiger partial charge in [0.1, 0.15) is 5.75 Å². The minimum absolute atomic E-state index is 0.158. The highest BCUT2D eigenvalue weighted by molar-refractivity contribution is 5.45. The summed E-state index contributed by atoms with van der Waals surface area (Å²) in [4.78, 5) is 0. The fourth-order valence-electron chi connectivity index (χ4n) is 3.60. The molecule has 1 aromatic carbocycles. The van der Waals surface area contributed by atoms with Crippen LogP contribution in [-0.4, -0.2) is 6.61 Å². The Balaban J connectivity index is 1.78. The molecule has 2 heteroatoms. The van der Waals surface area contributed by atoms with Gasteiger partial charge >= 0.3 is 0 Å². The van der Waals surface area contributed by atoms with Crippen LogP contribution in [0, 0.1) is 5.92 Å². The third-order valence-corrected chi connectivity index (χ3v) is 4.76. The van der Waals surface area contributed by atoms with Gasteiger partial charge in [-0.2, -0.15) is 0 Å². The second kappa shape index (κ2) is 5.96. The van der Waals surface area contributed by atoms with Crippen LogP contribution >= 0.6 is 0 Å². The van der Waals surface area contributed by atoms with Crippen LogP contribution in [0.1, 0.15) is 62.1 Å². The van der Waals surface area contributed by atoms with Gasteiger partial charge in [-0.3, -0.25) is 0 Å². The molecule has 1 aliphatic carbocycles. The Morgan fingerprint density at radius 2 is 1.79 bits per heavy atom. The fraction of sp³-hybridized carbons (Fsp3) is 0.647. The molecule has 1 unspecified atom stereocenters. The second-order valence-corrected chi connectivity index (χ2v) is 6.06. The molecule has 1 saturated carbocycles. The van der Waals surface area contributed by atoms with Gasteiger partial charge in [-0.15, -0.1) is 0 Å². The van der Waals surface area contributed by atoms with Crippen molar-refractivity contribution in [2.45, 2.75) is 57.4 Å². The maximum Gasteiger partial charge on any atom is 0.127 e. The maximum absolute atomic E-state index is 6.58. The average molecular weight is 259 g/mol. The molecule has 1 atom stereocenters. The molecule has 0 bridgehead atoms. The quantitative estimate of drug-likeness (QED) is 0.872. The number of fused-ring (bicyclic) bond motifs is 1. The Bertz CT molecular complexity index is 421. The van der Waals surface area contributed by atoms with E-state index in [1.807, 2.05) is 0 Å². The lowest BCUT2D eigenvalue weighted by molar-refractivity contribution is 0.311. The molecule has 104 valence electrons. The summed E-state index contributed by atoms with van der Waals surface area (Å²) >= 11 is 0. The summed E-state index contributed by atoms with van der Waals surface area (Å²) in [5.74, 6) is 1.73. The van der Waals surface area contributed by atoms with Gasteiger partial charge in [0.25, 0.3) is 0 Å². The molecule has 0 radical (unpaired) electrons. The molecule has 1 aromatic rings. The molecule has 1 fully saturated rings. The molecule has 0 amide bonds. The zero-order valence-electron chi connectivity index (χ0n) is 11.7. The van der Waals surface area contributed by atoms with Crippen molar-refractivity contribution in [3.05, 3.63) is 29.3 Å². The fourth-order valence-corrected chi connectivity index (χ4v) is 3.60. The average Bonchev–Trinajstić information content (AvgIpc) is 2.85. The van der Waals surface area contributed by atoms with Gasteiger partial charge in [-0.05, 0) is 24.3 Å². The largest absolute Gasteiger partial charge is 0.493 e. The molecule has 19 heavy (non-hydrogen) atoms. The van der Waals surface area contributed by atoms with Crippen molar-refractivity contribution >= 4 is 0 Å². The van der Waals surface area contributed by atoms with E-state index in [0.717, 1.165) is 18.8 Å². The van der Waals surface area contributed by atoms with E-state index < -0.39 is 0 Å². The molecule has 2 aliphatic rings. The van der Waals surface area contributed by atoms with Crippen LogP contribution in [-0.2, 0) is 6.42 Å². The number of benzene rings is 1. The SMILES string of the molecule is NC(c1cccc2c1OCC2)C1CCCCCCC1. The first-order valence-electron chi connectivity index (χ1n) is 7.86. The summed E-state index contributed by atoms with van der Waals surface area (Å²) in [6.45, 7) is 0.823. The molecular formula is C17H25NO. The van der Waals surface area contributed by atoms with Gasteiger partial charge in [-0.1, -0.05) is 50.3 Å². The molecule has 0 saturated heterocycles. The minimum atomic E-state index is 0.158. The first-order valence-corrected chi connectivity index (χ1v) is 7.86. The Kier molecular flexibility index (Phi) is 4.07. The maximum atomic E-state index is 6.58. The van der Waals surface area contributed by atoms with Crippen LogP contribution in [0.5, 0.6) is 5.75 Å². The van der Waals surface area contributed by atoms with Crippen molar-refractivity contribution in [1.82, 2.24) is 0 Å². The summed E-state index contributed by atoms with van der Waals surface area (Å²) in [6.07, 6.45) is 10.5. The molecule has 0 spiro atoms. The summed E-state index contributed by atoms with van der Waals surface area (Å²) < 4.78 is 5.82. The van der Waals surface area contributed by atoms with Crippen LogP contribution in [0.3, 0.4) is 0 Å². The highest BCUT2D eigenvalue weighted by Gasteiger charge is 2.25. The second-order valence-electron chi connectivity index (χ2n) is 6.06. The first kappa shape index (κ1) is 13.0. The molecule has 3 rings (SSSR count). The van der Waals surface area contributed by atoms with E-state index in [4.69, 9.17) is 10.5 Å². The van der Waals surface area contributed by atoms with Gasteiger partial charge in [0, 0.05) is 18.0 Å². The number of nitrogens with two attached hydrogens (primary N) is 1. The smallest absolute Gasteiger partial charge is 0.127 e. The number of para-hydroxylation sites is 1. The van der Waals surface area contributed by atoms with Gasteiger partial charge in [0.2, 0.25) is 0 Å². The number of hydrogen-bond acceptors (Lipinski definition) is 2. The van der Waals surface area contributed by atoms with Gasteiger partial charge in [0.05, 0.1) is 6.61 Å². The number of rotatable bonds is 2. The summed E-state index contributed by atoms with van der Waals surface area (Å²) in [5.41, 5.74) is 9.18. The normalized spacial score (nSPS) is 22.2. The number of ether oxygens (including phenoxy) is 1. The molecule has 1 heterocycles. The lowest BCUT2D eigenvalue weighted by atomic mass is 9.83. The molecule has 1 aliphatic heterocycles. The summed E-state index contributed by atoms with van der Waals surface area (Å²) in [5, 5.41) is 0. The van der Waals surface area contributed by atoms with Crippen molar-refractivity contribution in [2.75, 3.05) is 6.61 Å². The highest BCUT2D eigenvalue weighted by atomic mass is 16.5. The Hall–Kier alpha value is -1.02. The van der Waals surface area contributed by atoms with Crippen LogP contribution in [0.25, 0.3) is 0 Å². The molecule has 0 aromatic heterocycles. The van der Waals surface area contributed by atoms with E-state index in [2.05, 4.69) is 18.2 Å². The van der Waals surface area contributed by atoms with Crippen LogP contribution in [0.2, 0.25) is 0 Å². The summed E-state index contributed by atoms with van der Waals surface area (Å²) in [6, 6.07) is 6.65. The monoisotopic (exact) mass is 259 g/mol. The van der Waals surface area contributed by atoms with E-state index in [9.17, 15) is 0 Å². The third-order valence-electron chi connectivity index (χ3n) is 4.76. The van der Waals surface area contributed by atoms with Crippen molar-refractivity contribution in [2.24, 2.45) is 11.7 Å². The lowest BCUT2D eigenvalue weighted by Crippen LogP contribution is -2.23. The van der Waals surface area contributed by atoms with Crippen LogP contribution < -0.4 is 10.5 Å². The predicted octanol–water partition coefficient (Wildman–Crippen LogP) is 3.98.